The van der Waals surface area contributed by atoms with Gasteiger partial charge in [-0.25, -0.2) is 9.18 Å². The maximum Gasteiger partial charge on any atom is 0.363 e. The lowest BCUT2D eigenvalue weighted by Crippen LogP contribution is -2.26. The second kappa shape index (κ2) is 9.59. The van der Waals surface area contributed by atoms with Gasteiger partial charge >= 0.3 is 5.97 Å². The van der Waals surface area contributed by atoms with Crippen LogP contribution in [0.4, 0.5) is 16.0 Å². The van der Waals surface area contributed by atoms with Crippen LogP contribution in [0.5, 0.6) is 5.75 Å². The Bertz CT molecular complexity index is 1150. The third-order valence-corrected chi connectivity index (χ3v) is 4.39. The summed E-state index contributed by atoms with van der Waals surface area (Å²) in [5.74, 6) is 3.51. The Morgan fingerprint density at radius 3 is 2.58 bits per heavy atom. The Kier molecular flexibility index (Phi) is 6.88. The van der Waals surface area contributed by atoms with Crippen LogP contribution < -0.4 is 21.5 Å². The van der Waals surface area contributed by atoms with E-state index in [1.165, 1.54) is 22.9 Å². The van der Waals surface area contributed by atoms with Gasteiger partial charge in [0.05, 0.1) is 12.6 Å². The van der Waals surface area contributed by atoms with Gasteiger partial charge in [0.15, 0.2) is 11.6 Å². The van der Waals surface area contributed by atoms with Crippen molar-refractivity contribution in [2.24, 2.45) is 5.90 Å². The minimum atomic E-state index is -1.02. The average Bonchev–Trinajstić information content (AvgIpc) is 2.72. The molecule has 0 radical (unpaired) electrons. The summed E-state index contributed by atoms with van der Waals surface area (Å²) in [6, 6.07) is 11.3. The number of ether oxygens (including phenoxy) is 1. The van der Waals surface area contributed by atoms with E-state index in [4.69, 9.17) is 22.2 Å². The molecule has 0 atom stereocenters. The van der Waals surface area contributed by atoms with Crippen LogP contribution in [0.15, 0.2) is 53.5 Å². The Balaban J connectivity index is 1.98. The third kappa shape index (κ3) is 5.59. The van der Waals surface area contributed by atoms with Crippen LogP contribution in [-0.2, 0) is 11.4 Å². The van der Waals surface area contributed by atoms with Gasteiger partial charge in [-0.3, -0.25) is 4.79 Å². The first-order valence-electron chi connectivity index (χ1n) is 9.27. The van der Waals surface area contributed by atoms with Crippen molar-refractivity contribution in [2.75, 3.05) is 5.32 Å². The minimum Gasteiger partial charge on any atom is -0.488 e. The molecule has 0 amide bonds. The van der Waals surface area contributed by atoms with Gasteiger partial charge in [-0.15, -0.1) is 0 Å². The predicted molar refractivity (Wildman–Crippen MR) is 114 cm³/mol. The van der Waals surface area contributed by atoms with Crippen LogP contribution in [0.3, 0.4) is 0 Å². The van der Waals surface area contributed by atoms with E-state index in [-0.39, 0.29) is 29.9 Å². The molecule has 3 aromatic rings. The van der Waals surface area contributed by atoms with E-state index < -0.39 is 17.3 Å². The minimum absolute atomic E-state index is 0.0884. The Morgan fingerprint density at radius 1 is 1.26 bits per heavy atom. The van der Waals surface area contributed by atoms with Crippen molar-refractivity contribution in [3.63, 3.8) is 0 Å². The van der Waals surface area contributed by atoms with Gasteiger partial charge < -0.3 is 19.5 Å². The van der Waals surface area contributed by atoms with E-state index in [1.54, 1.807) is 44.2 Å². The molecular weight excluding hydrogens is 427 g/mol. The van der Waals surface area contributed by atoms with Crippen molar-refractivity contribution in [3.8, 4) is 5.75 Å². The number of carbonyl (C=O) groups is 1. The van der Waals surface area contributed by atoms with E-state index in [1.807, 2.05) is 0 Å². The van der Waals surface area contributed by atoms with Crippen LogP contribution in [0.1, 0.15) is 29.8 Å². The topological polar surface area (TPSA) is 108 Å². The summed E-state index contributed by atoms with van der Waals surface area (Å²) in [4.78, 5) is 32.2. The molecule has 0 spiro atoms. The SMILES string of the molecule is CC(C)Oc1ccc(Nc2nc(=O)c(C(=O)ON)cn2Cc2ccc(Cl)cc2)cc1F. The van der Waals surface area contributed by atoms with Gasteiger partial charge in [0.1, 0.15) is 5.56 Å². The number of hydrogen-bond acceptors (Lipinski definition) is 7. The molecule has 1 heterocycles. The van der Waals surface area contributed by atoms with Gasteiger partial charge in [-0.2, -0.15) is 10.9 Å². The molecule has 0 fully saturated rings. The van der Waals surface area contributed by atoms with Crippen LogP contribution in [0.2, 0.25) is 5.02 Å². The van der Waals surface area contributed by atoms with Gasteiger partial charge in [0, 0.05) is 23.0 Å². The molecule has 0 bridgehead atoms. The molecule has 1 aromatic heterocycles. The molecule has 162 valence electrons. The number of nitrogens with two attached hydrogens (primary N) is 1. The summed E-state index contributed by atoms with van der Waals surface area (Å²) in [6.07, 6.45) is 1.09. The van der Waals surface area contributed by atoms with Crippen molar-refractivity contribution in [2.45, 2.75) is 26.5 Å². The largest absolute Gasteiger partial charge is 0.488 e. The number of carbonyl (C=O) groups excluding carboxylic acids is 1. The van der Waals surface area contributed by atoms with E-state index >= 15 is 0 Å². The summed E-state index contributed by atoms with van der Waals surface area (Å²) in [5, 5.41) is 3.46. The highest BCUT2D eigenvalue weighted by Gasteiger charge is 2.17. The third-order valence-electron chi connectivity index (χ3n) is 4.14. The van der Waals surface area contributed by atoms with Crippen LogP contribution in [-0.4, -0.2) is 21.6 Å². The molecule has 0 aliphatic heterocycles. The quantitative estimate of drug-likeness (QED) is 0.533. The summed E-state index contributed by atoms with van der Waals surface area (Å²) < 4.78 is 21.2. The fourth-order valence-corrected chi connectivity index (χ4v) is 2.89. The summed E-state index contributed by atoms with van der Waals surface area (Å²) in [7, 11) is 0. The van der Waals surface area contributed by atoms with Crippen molar-refractivity contribution < 1.29 is 18.8 Å². The van der Waals surface area contributed by atoms with Crippen molar-refractivity contribution in [3.05, 3.63) is 81.0 Å². The van der Waals surface area contributed by atoms with Crippen LogP contribution >= 0.6 is 11.6 Å². The van der Waals surface area contributed by atoms with Gasteiger partial charge in [0.2, 0.25) is 5.95 Å². The highest BCUT2D eigenvalue weighted by atomic mass is 35.5. The highest BCUT2D eigenvalue weighted by Crippen LogP contribution is 2.24. The van der Waals surface area contributed by atoms with Gasteiger partial charge in [-0.05, 0) is 43.7 Å². The number of rotatable bonds is 7. The Hall–Kier alpha value is -3.43. The number of halogens is 2. The standard InChI is InChI=1S/C21H20ClFN4O4/c1-12(2)30-18-8-7-15(9-17(18)23)25-21-26-19(28)16(20(29)31-24)11-27(21)10-13-3-5-14(22)6-4-13/h3-9,11-12H,10,24H2,1-2H3,(H,25,26,28). The molecule has 0 unspecified atom stereocenters. The lowest BCUT2D eigenvalue weighted by Gasteiger charge is -2.16. The number of benzene rings is 2. The van der Waals surface area contributed by atoms with Crippen LogP contribution in [0.25, 0.3) is 0 Å². The molecular formula is C21H20ClFN4O4. The Morgan fingerprint density at radius 2 is 1.97 bits per heavy atom. The molecule has 31 heavy (non-hydrogen) atoms. The monoisotopic (exact) mass is 446 g/mol. The fourth-order valence-electron chi connectivity index (χ4n) is 2.76. The molecule has 0 aliphatic carbocycles. The van der Waals surface area contributed by atoms with E-state index in [0.29, 0.717) is 10.7 Å². The average molecular weight is 447 g/mol. The molecule has 10 heteroatoms. The second-order valence-corrected chi connectivity index (χ2v) is 7.32. The second-order valence-electron chi connectivity index (χ2n) is 6.88. The van der Waals surface area contributed by atoms with Crippen molar-refractivity contribution in [1.29, 1.82) is 0 Å². The molecule has 3 N–H and O–H groups in total. The fraction of sp³-hybridized carbons (Fsp3) is 0.190. The maximum atomic E-state index is 14.4. The van der Waals surface area contributed by atoms with Crippen molar-refractivity contribution >= 4 is 29.2 Å². The van der Waals surface area contributed by atoms with Gasteiger partial charge in [0.25, 0.3) is 5.56 Å². The molecule has 0 aliphatic rings. The highest BCUT2D eigenvalue weighted by molar-refractivity contribution is 6.30. The molecule has 3 rings (SSSR count). The lowest BCUT2D eigenvalue weighted by atomic mass is 10.2. The number of nitrogens with one attached hydrogen (secondary N) is 1. The maximum absolute atomic E-state index is 14.4. The Labute approximate surface area is 182 Å². The first-order valence-corrected chi connectivity index (χ1v) is 9.65. The van der Waals surface area contributed by atoms with E-state index in [2.05, 4.69) is 15.1 Å². The van der Waals surface area contributed by atoms with Gasteiger partial charge in [-0.1, -0.05) is 23.7 Å². The molecule has 8 nitrogen and oxygen atoms in total. The predicted octanol–water partition coefficient (Wildman–Crippen LogP) is 3.65. The summed E-state index contributed by atoms with van der Waals surface area (Å²) in [5.41, 5.74) is -0.0317. The first-order chi connectivity index (χ1) is 14.8. The summed E-state index contributed by atoms with van der Waals surface area (Å²) >= 11 is 5.92. The lowest BCUT2D eigenvalue weighted by molar-refractivity contribution is 0.0500. The molecule has 0 saturated heterocycles. The normalized spacial score (nSPS) is 10.8. The zero-order chi connectivity index (χ0) is 22.5. The smallest absolute Gasteiger partial charge is 0.363 e. The number of anilines is 2. The molecule has 2 aromatic carbocycles. The number of nitrogens with zero attached hydrogens (tertiary/aromatic N) is 2. The van der Waals surface area contributed by atoms with E-state index in [0.717, 1.165) is 5.56 Å². The first kappa shape index (κ1) is 22.3. The zero-order valence-electron chi connectivity index (χ0n) is 16.8. The van der Waals surface area contributed by atoms with E-state index in [9.17, 15) is 14.0 Å². The number of aromatic nitrogens is 2. The van der Waals surface area contributed by atoms with Crippen molar-refractivity contribution in [1.82, 2.24) is 9.55 Å². The summed E-state index contributed by atoms with van der Waals surface area (Å²) in [6.45, 7) is 3.81. The number of hydrogen-bond donors (Lipinski definition) is 2. The zero-order valence-corrected chi connectivity index (χ0v) is 17.5. The molecule has 0 saturated carbocycles. The van der Waals surface area contributed by atoms with Crippen LogP contribution in [0, 0.1) is 5.82 Å².